The van der Waals surface area contributed by atoms with Crippen molar-refractivity contribution in [2.75, 3.05) is 24.2 Å². The molecular formula is C11H19N3O4S2. The molecule has 0 amide bonds. The minimum Gasteiger partial charge on any atom is -0.385 e. The first-order valence-electron chi connectivity index (χ1n) is 6.08. The van der Waals surface area contributed by atoms with Crippen molar-refractivity contribution in [3.8, 4) is 0 Å². The van der Waals surface area contributed by atoms with Gasteiger partial charge in [0.05, 0.1) is 10.6 Å². The molecule has 0 saturated carbocycles. The molecule has 0 saturated heterocycles. The van der Waals surface area contributed by atoms with Crippen molar-refractivity contribution in [1.29, 1.82) is 0 Å². The number of benzene rings is 1. The number of rotatable bonds is 8. The summed E-state index contributed by atoms with van der Waals surface area (Å²) in [7, 11) is -7.40. The van der Waals surface area contributed by atoms with E-state index in [9.17, 15) is 16.8 Å². The first-order valence-corrected chi connectivity index (χ1v) is 9.28. The van der Waals surface area contributed by atoms with Gasteiger partial charge in [0.1, 0.15) is 0 Å². The molecule has 1 rings (SSSR count). The van der Waals surface area contributed by atoms with Crippen molar-refractivity contribution in [2.24, 2.45) is 5.14 Å². The van der Waals surface area contributed by atoms with E-state index < -0.39 is 25.8 Å². The Bertz CT molecular complexity index is 624. The van der Waals surface area contributed by atoms with Gasteiger partial charge in [-0.15, -0.1) is 0 Å². The van der Waals surface area contributed by atoms with E-state index in [2.05, 4.69) is 10.0 Å². The summed E-state index contributed by atoms with van der Waals surface area (Å²) in [6.07, 6.45) is 0.967. The van der Waals surface area contributed by atoms with Crippen molar-refractivity contribution in [3.63, 3.8) is 0 Å². The van der Waals surface area contributed by atoms with Crippen molar-refractivity contribution in [1.82, 2.24) is 4.72 Å². The quantitative estimate of drug-likeness (QED) is 0.626. The molecule has 0 bridgehead atoms. The Kier molecular flexibility index (Phi) is 5.93. The van der Waals surface area contributed by atoms with Crippen LogP contribution >= 0.6 is 0 Å². The maximum atomic E-state index is 11.9. The van der Waals surface area contributed by atoms with Gasteiger partial charge in [-0.05, 0) is 30.7 Å². The molecule has 0 spiro atoms. The second kappa shape index (κ2) is 7.02. The lowest BCUT2D eigenvalue weighted by atomic mass is 10.3. The zero-order valence-electron chi connectivity index (χ0n) is 11.2. The monoisotopic (exact) mass is 321 g/mol. The predicted molar refractivity (Wildman–Crippen MR) is 78.4 cm³/mol. The van der Waals surface area contributed by atoms with E-state index in [4.69, 9.17) is 5.14 Å². The number of nitrogens with one attached hydrogen (secondary N) is 2. The van der Waals surface area contributed by atoms with E-state index in [0.29, 0.717) is 0 Å². The minimum atomic E-state index is -3.72. The summed E-state index contributed by atoms with van der Waals surface area (Å²) in [6, 6.07) is 6.22. The average molecular weight is 321 g/mol. The molecule has 0 atom stereocenters. The van der Waals surface area contributed by atoms with E-state index in [1.165, 1.54) is 12.1 Å². The first-order chi connectivity index (χ1) is 9.24. The molecule has 9 heteroatoms. The Morgan fingerprint density at radius 3 is 2.15 bits per heavy atom. The van der Waals surface area contributed by atoms with E-state index in [-0.39, 0.29) is 11.4 Å². The number of anilines is 1. The van der Waals surface area contributed by atoms with Gasteiger partial charge in [-0.1, -0.05) is 6.92 Å². The van der Waals surface area contributed by atoms with Gasteiger partial charge in [-0.25, -0.2) is 26.7 Å². The SMILES string of the molecule is CCCNc1ccc(S(=O)(=O)NCCS(N)(=O)=O)cc1. The lowest BCUT2D eigenvalue weighted by Crippen LogP contribution is -2.31. The molecule has 20 heavy (non-hydrogen) atoms. The molecule has 1 aromatic rings. The molecular weight excluding hydrogens is 302 g/mol. The third kappa shape index (κ3) is 5.87. The highest BCUT2D eigenvalue weighted by molar-refractivity contribution is 7.90. The van der Waals surface area contributed by atoms with Crippen molar-refractivity contribution in [3.05, 3.63) is 24.3 Å². The highest BCUT2D eigenvalue weighted by Crippen LogP contribution is 2.13. The van der Waals surface area contributed by atoms with Gasteiger partial charge in [-0.2, -0.15) is 0 Å². The standard InChI is InChI=1S/C11H19N3O4S2/c1-2-7-13-10-3-5-11(6-4-10)20(17,18)14-8-9-19(12,15)16/h3-6,13-14H,2,7-9H2,1H3,(H2,12,15,16). The summed E-state index contributed by atoms with van der Waals surface area (Å²) >= 11 is 0. The van der Waals surface area contributed by atoms with Crippen molar-refractivity contribution in [2.45, 2.75) is 18.2 Å². The van der Waals surface area contributed by atoms with E-state index in [0.717, 1.165) is 18.7 Å². The Balaban J connectivity index is 2.68. The predicted octanol–water partition coefficient (Wildman–Crippen LogP) is 0.0753. The minimum absolute atomic E-state index is 0.0777. The van der Waals surface area contributed by atoms with Gasteiger partial charge in [-0.3, -0.25) is 0 Å². The normalized spacial score (nSPS) is 12.3. The van der Waals surface area contributed by atoms with Crippen LogP contribution in [-0.2, 0) is 20.0 Å². The van der Waals surface area contributed by atoms with Crippen LogP contribution in [0.3, 0.4) is 0 Å². The fourth-order valence-corrected chi connectivity index (χ4v) is 2.97. The van der Waals surface area contributed by atoms with Crippen LogP contribution < -0.4 is 15.2 Å². The summed E-state index contributed by atoms with van der Waals surface area (Å²) in [4.78, 5) is 0.0777. The molecule has 0 fully saturated rings. The summed E-state index contributed by atoms with van der Waals surface area (Å²) < 4.78 is 47.4. The maximum absolute atomic E-state index is 11.9. The molecule has 4 N–H and O–H groups in total. The molecule has 0 aliphatic heterocycles. The second-order valence-electron chi connectivity index (χ2n) is 4.22. The summed E-state index contributed by atoms with van der Waals surface area (Å²) in [5.74, 6) is -0.442. The number of hydrogen-bond donors (Lipinski definition) is 3. The molecule has 1 aromatic carbocycles. The summed E-state index contributed by atoms with van der Waals surface area (Å²) in [5.41, 5.74) is 0.829. The van der Waals surface area contributed by atoms with Crippen LogP contribution in [0, 0.1) is 0 Å². The molecule has 0 heterocycles. The first kappa shape index (κ1) is 16.9. The van der Waals surface area contributed by atoms with Crippen LogP contribution in [0.2, 0.25) is 0 Å². The van der Waals surface area contributed by atoms with E-state index >= 15 is 0 Å². The van der Waals surface area contributed by atoms with Crippen LogP contribution in [0.4, 0.5) is 5.69 Å². The fourth-order valence-electron chi connectivity index (χ4n) is 1.42. The van der Waals surface area contributed by atoms with Crippen LogP contribution in [0.15, 0.2) is 29.2 Å². The van der Waals surface area contributed by atoms with Crippen LogP contribution in [0.5, 0.6) is 0 Å². The second-order valence-corrected chi connectivity index (χ2v) is 7.72. The third-order valence-corrected chi connectivity index (χ3v) is 4.67. The van der Waals surface area contributed by atoms with Crippen LogP contribution in [-0.4, -0.2) is 35.7 Å². The molecule has 0 aliphatic rings. The van der Waals surface area contributed by atoms with Gasteiger partial charge >= 0.3 is 0 Å². The molecule has 7 nitrogen and oxygen atoms in total. The Labute approximate surface area is 119 Å². The van der Waals surface area contributed by atoms with Gasteiger partial charge in [0, 0.05) is 18.8 Å². The van der Waals surface area contributed by atoms with Crippen molar-refractivity contribution >= 4 is 25.7 Å². The van der Waals surface area contributed by atoms with Gasteiger partial charge in [0.2, 0.25) is 20.0 Å². The van der Waals surface area contributed by atoms with Gasteiger partial charge in [0.25, 0.3) is 0 Å². The highest BCUT2D eigenvalue weighted by atomic mass is 32.2. The number of hydrogen-bond acceptors (Lipinski definition) is 5. The largest absolute Gasteiger partial charge is 0.385 e. The highest BCUT2D eigenvalue weighted by Gasteiger charge is 2.14. The topological polar surface area (TPSA) is 118 Å². The van der Waals surface area contributed by atoms with Gasteiger partial charge < -0.3 is 5.32 Å². The molecule has 114 valence electrons. The summed E-state index contributed by atoms with van der Waals surface area (Å²) in [5, 5.41) is 7.92. The smallest absolute Gasteiger partial charge is 0.240 e. The zero-order chi connectivity index (χ0) is 15.2. The zero-order valence-corrected chi connectivity index (χ0v) is 12.8. The Hall–Kier alpha value is -1.16. The molecule has 0 radical (unpaired) electrons. The van der Waals surface area contributed by atoms with E-state index in [1.807, 2.05) is 6.92 Å². The molecule has 0 unspecified atom stereocenters. The average Bonchev–Trinajstić information content (AvgIpc) is 2.35. The molecule has 0 aliphatic carbocycles. The number of nitrogens with two attached hydrogens (primary N) is 1. The number of sulfonamides is 2. The molecule has 0 aromatic heterocycles. The number of primary sulfonamides is 1. The van der Waals surface area contributed by atoms with Gasteiger partial charge in [0.15, 0.2) is 0 Å². The Morgan fingerprint density at radius 1 is 1.05 bits per heavy atom. The summed E-state index contributed by atoms with van der Waals surface area (Å²) in [6.45, 7) is 2.58. The van der Waals surface area contributed by atoms with Crippen LogP contribution in [0.1, 0.15) is 13.3 Å². The Morgan fingerprint density at radius 2 is 1.65 bits per heavy atom. The van der Waals surface area contributed by atoms with Crippen LogP contribution in [0.25, 0.3) is 0 Å². The fraction of sp³-hybridized carbons (Fsp3) is 0.455. The lowest BCUT2D eigenvalue weighted by Gasteiger charge is -2.08. The van der Waals surface area contributed by atoms with Crippen molar-refractivity contribution < 1.29 is 16.8 Å². The van der Waals surface area contributed by atoms with E-state index in [1.54, 1.807) is 12.1 Å². The third-order valence-electron chi connectivity index (χ3n) is 2.42. The lowest BCUT2D eigenvalue weighted by molar-refractivity contribution is 0.581. The maximum Gasteiger partial charge on any atom is 0.240 e.